The first-order chi connectivity index (χ1) is 9.63. The monoisotopic (exact) mass is 286 g/mol. The molecule has 0 aliphatic rings. The lowest BCUT2D eigenvalue weighted by atomic mass is 10.2. The summed E-state index contributed by atoms with van der Waals surface area (Å²) in [6.07, 6.45) is 1.65. The molecule has 0 saturated carbocycles. The molecule has 1 aromatic carbocycles. The summed E-state index contributed by atoms with van der Waals surface area (Å²) >= 11 is 5.85. The van der Waals surface area contributed by atoms with E-state index >= 15 is 0 Å². The first kappa shape index (κ1) is 12.6. The van der Waals surface area contributed by atoms with Crippen molar-refractivity contribution in [3.8, 4) is 11.3 Å². The number of hydrogen-bond acceptors (Lipinski definition) is 2. The van der Waals surface area contributed by atoms with Gasteiger partial charge in [0.25, 0.3) is 5.56 Å². The molecule has 0 amide bonds. The molecule has 0 aliphatic heterocycles. The van der Waals surface area contributed by atoms with Crippen LogP contribution in [-0.4, -0.2) is 10.2 Å². The second-order valence-electron chi connectivity index (χ2n) is 4.32. The van der Waals surface area contributed by atoms with E-state index in [-0.39, 0.29) is 5.56 Å². The van der Waals surface area contributed by atoms with E-state index in [1.807, 2.05) is 18.2 Å². The molecule has 0 radical (unpaired) electrons. The molecule has 0 fully saturated rings. The van der Waals surface area contributed by atoms with Gasteiger partial charge in [0.1, 0.15) is 11.5 Å². The number of furan rings is 1. The summed E-state index contributed by atoms with van der Waals surface area (Å²) in [7, 11) is 0. The van der Waals surface area contributed by atoms with Gasteiger partial charge >= 0.3 is 0 Å². The van der Waals surface area contributed by atoms with Gasteiger partial charge in [0.15, 0.2) is 0 Å². The van der Waals surface area contributed by atoms with Gasteiger partial charge in [0.2, 0.25) is 0 Å². The molecular weight excluding hydrogens is 276 g/mol. The number of aromatic amines is 2. The van der Waals surface area contributed by atoms with Gasteiger partial charge in [-0.25, -0.2) is 0 Å². The summed E-state index contributed by atoms with van der Waals surface area (Å²) in [5.74, 6) is 1.30. The van der Waals surface area contributed by atoms with Gasteiger partial charge in [0.05, 0.1) is 10.6 Å². The first-order valence-corrected chi connectivity index (χ1v) is 6.34. The van der Waals surface area contributed by atoms with Crippen molar-refractivity contribution in [1.29, 1.82) is 0 Å². The van der Waals surface area contributed by atoms with Crippen LogP contribution >= 0.6 is 11.6 Å². The maximum atomic E-state index is 11.5. The SMILES string of the molecule is C=c1[nH][nH]c(=O)/c1=C\c1ccc(-c2ccc(Cl)cc2)o1. The molecule has 100 valence electrons. The average Bonchev–Trinajstić information content (AvgIpc) is 3.02. The van der Waals surface area contributed by atoms with Gasteiger partial charge in [0, 0.05) is 10.6 Å². The lowest BCUT2D eigenvalue weighted by Gasteiger charge is -1.96. The number of aromatic nitrogens is 2. The quantitative estimate of drug-likeness (QED) is 0.755. The van der Waals surface area contributed by atoms with Crippen molar-refractivity contribution in [1.82, 2.24) is 10.2 Å². The van der Waals surface area contributed by atoms with Crippen LogP contribution in [0.15, 0.2) is 45.6 Å². The van der Waals surface area contributed by atoms with Crippen molar-refractivity contribution in [3.05, 3.63) is 68.1 Å². The molecular formula is C15H11ClN2O2. The maximum absolute atomic E-state index is 11.5. The molecule has 0 bridgehead atoms. The topological polar surface area (TPSA) is 61.8 Å². The molecule has 3 rings (SSSR count). The molecule has 20 heavy (non-hydrogen) atoms. The summed E-state index contributed by atoms with van der Waals surface area (Å²) in [6, 6.07) is 11.0. The van der Waals surface area contributed by atoms with E-state index in [4.69, 9.17) is 16.0 Å². The van der Waals surface area contributed by atoms with Crippen LogP contribution in [0.1, 0.15) is 5.76 Å². The Kier molecular flexibility index (Phi) is 3.08. The highest BCUT2D eigenvalue weighted by atomic mass is 35.5. The highest BCUT2D eigenvalue weighted by molar-refractivity contribution is 6.30. The van der Waals surface area contributed by atoms with Gasteiger partial charge in [-0.2, -0.15) is 0 Å². The predicted octanol–water partition coefficient (Wildman–Crippen LogP) is 1.86. The van der Waals surface area contributed by atoms with Crippen LogP contribution in [0.25, 0.3) is 24.0 Å². The Morgan fingerprint density at radius 3 is 2.50 bits per heavy atom. The van der Waals surface area contributed by atoms with E-state index < -0.39 is 0 Å². The van der Waals surface area contributed by atoms with Crippen molar-refractivity contribution < 1.29 is 4.42 Å². The van der Waals surface area contributed by atoms with Gasteiger partial charge in [-0.15, -0.1) is 0 Å². The number of hydrogen-bond donors (Lipinski definition) is 2. The Labute approximate surface area is 119 Å². The van der Waals surface area contributed by atoms with Crippen LogP contribution in [0.3, 0.4) is 0 Å². The second-order valence-corrected chi connectivity index (χ2v) is 4.76. The lowest BCUT2D eigenvalue weighted by molar-refractivity contribution is 0.571. The highest BCUT2D eigenvalue weighted by Crippen LogP contribution is 2.23. The van der Waals surface area contributed by atoms with Crippen LogP contribution in [0, 0.1) is 0 Å². The average molecular weight is 287 g/mol. The summed E-state index contributed by atoms with van der Waals surface area (Å²) in [4.78, 5) is 11.5. The molecule has 2 N–H and O–H groups in total. The van der Waals surface area contributed by atoms with E-state index in [0.717, 1.165) is 5.56 Å². The normalized spacial score (nSPS) is 11.9. The number of rotatable bonds is 2. The van der Waals surface area contributed by atoms with E-state index in [0.29, 0.717) is 27.1 Å². The van der Waals surface area contributed by atoms with Gasteiger partial charge in [-0.05, 0) is 42.5 Å². The van der Waals surface area contributed by atoms with Crippen LogP contribution < -0.4 is 16.1 Å². The van der Waals surface area contributed by atoms with Crippen LogP contribution in [0.2, 0.25) is 5.02 Å². The van der Waals surface area contributed by atoms with E-state index in [9.17, 15) is 4.79 Å². The van der Waals surface area contributed by atoms with Crippen molar-refractivity contribution in [3.63, 3.8) is 0 Å². The minimum absolute atomic E-state index is 0.223. The first-order valence-electron chi connectivity index (χ1n) is 5.96. The molecule has 3 aromatic rings. The molecule has 2 aromatic heterocycles. The third-order valence-electron chi connectivity index (χ3n) is 2.94. The summed E-state index contributed by atoms with van der Waals surface area (Å²) in [6.45, 7) is 3.74. The second kappa shape index (κ2) is 4.90. The summed E-state index contributed by atoms with van der Waals surface area (Å²) < 4.78 is 5.70. The zero-order chi connectivity index (χ0) is 14.1. The predicted molar refractivity (Wildman–Crippen MR) is 78.9 cm³/mol. The van der Waals surface area contributed by atoms with Gasteiger partial charge in [-0.3, -0.25) is 15.0 Å². The summed E-state index contributed by atoms with van der Waals surface area (Å²) in [5, 5.41) is 6.80. The van der Waals surface area contributed by atoms with Crippen LogP contribution in [-0.2, 0) is 0 Å². The highest BCUT2D eigenvalue weighted by Gasteiger charge is 2.04. The van der Waals surface area contributed by atoms with Crippen LogP contribution in [0.5, 0.6) is 0 Å². The smallest absolute Gasteiger partial charge is 0.271 e. The Balaban J connectivity index is 2.03. The molecule has 2 heterocycles. The molecule has 4 nitrogen and oxygen atoms in total. The zero-order valence-electron chi connectivity index (χ0n) is 10.4. The van der Waals surface area contributed by atoms with Crippen molar-refractivity contribution in [2.24, 2.45) is 0 Å². The Morgan fingerprint density at radius 2 is 1.85 bits per heavy atom. The Morgan fingerprint density at radius 1 is 1.10 bits per heavy atom. The number of H-pyrrole nitrogens is 2. The molecule has 0 atom stereocenters. The minimum atomic E-state index is -0.223. The van der Waals surface area contributed by atoms with Crippen molar-refractivity contribution >= 4 is 24.3 Å². The molecule has 0 unspecified atom stereocenters. The Bertz CT molecular complexity index is 870. The molecule has 0 spiro atoms. The maximum Gasteiger partial charge on any atom is 0.271 e. The van der Waals surface area contributed by atoms with Gasteiger partial charge in [-0.1, -0.05) is 18.2 Å². The standard InChI is InChI=1S/C15H11ClN2O2/c1-9-13(15(19)18-17-9)8-12-6-7-14(20-12)10-2-4-11(16)5-3-10/h2-8,17H,1H2,(H,18,19)/b13-8-. The summed E-state index contributed by atoms with van der Waals surface area (Å²) in [5.41, 5.74) is 0.700. The van der Waals surface area contributed by atoms with E-state index in [2.05, 4.69) is 16.8 Å². The van der Waals surface area contributed by atoms with E-state index in [1.165, 1.54) is 0 Å². The fraction of sp³-hybridized carbons (Fsp3) is 0. The lowest BCUT2D eigenvalue weighted by Crippen LogP contribution is -2.32. The largest absolute Gasteiger partial charge is 0.457 e. The molecule has 0 aliphatic carbocycles. The molecule has 0 saturated heterocycles. The number of nitrogens with one attached hydrogen (secondary N) is 2. The minimum Gasteiger partial charge on any atom is -0.457 e. The molecule has 5 heteroatoms. The van der Waals surface area contributed by atoms with Crippen molar-refractivity contribution in [2.75, 3.05) is 0 Å². The van der Waals surface area contributed by atoms with Gasteiger partial charge < -0.3 is 4.42 Å². The zero-order valence-corrected chi connectivity index (χ0v) is 11.2. The van der Waals surface area contributed by atoms with Crippen molar-refractivity contribution in [2.45, 2.75) is 0 Å². The fourth-order valence-electron chi connectivity index (χ4n) is 1.90. The third-order valence-corrected chi connectivity index (χ3v) is 3.19. The number of benzene rings is 1. The van der Waals surface area contributed by atoms with Crippen LogP contribution in [0.4, 0.5) is 0 Å². The fourth-order valence-corrected chi connectivity index (χ4v) is 2.02. The van der Waals surface area contributed by atoms with E-state index in [1.54, 1.807) is 24.3 Å². The number of halogens is 1. The Hall–Kier alpha value is -2.46. The third kappa shape index (κ3) is 2.33.